The van der Waals surface area contributed by atoms with Gasteiger partial charge in [-0.2, -0.15) is 5.10 Å². The van der Waals surface area contributed by atoms with Crippen molar-refractivity contribution in [3.8, 4) is 28.5 Å². The summed E-state index contributed by atoms with van der Waals surface area (Å²) in [4.78, 5) is 22.5. The molecule has 0 radical (unpaired) electrons. The van der Waals surface area contributed by atoms with Gasteiger partial charge in [0, 0.05) is 38.5 Å². The molecule has 0 saturated heterocycles. The highest BCUT2D eigenvalue weighted by molar-refractivity contribution is 5.93. The van der Waals surface area contributed by atoms with E-state index in [1.165, 1.54) is 0 Å². The normalized spacial score (nSPS) is 10.9. The van der Waals surface area contributed by atoms with E-state index in [-0.39, 0.29) is 0 Å². The third-order valence-corrected chi connectivity index (χ3v) is 4.42. The minimum absolute atomic E-state index is 0.433. The number of aromatic nitrogens is 6. The molecule has 2 N–H and O–H groups in total. The van der Waals surface area contributed by atoms with Gasteiger partial charge in [-0.1, -0.05) is 12.1 Å². The van der Waals surface area contributed by atoms with E-state index in [1.54, 1.807) is 46.0 Å². The molecule has 0 unspecified atom stereocenters. The lowest BCUT2D eigenvalue weighted by molar-refractivity contribution is 0.100. The van der Waals surface area contributed by atoms with Crippen LogP contribution in [0.2, 0.25) is 0 Å². The predicted molar refractivity (Wildman–Crippen MR) is 110 cm³/mol. The fourth-order valence-corrected chi connectivity index (χ4v) is 3.02. The molecule has 4 aromatic rings. The van der Waals surface area contributed by atoms with Gasteiger partial charge in [0.15, 0.2) is 11.6 Å². The number of primary amides is 1. The van der Waals surface area contributed by atoms with Crippen LogP contribution in [0.5, 0.6) is 0 Å². The van der Waals surface area contributed by atoms with E-state index in [0.29, 0.717) is 17.2 Å². The van der Waals surface area contributed by atoms with E-state index in [0.717, 1.165) is 22.6 Å². The van der Waals surface area contributed by atoms with E-state index < -0.39 is 5.91 Å². The van der Waals surface area contributed by atoms with Crippen LogP contribution in [0, 0.1) is 0 Å². The Hall–Kier alpha value is -4.01. The third-order valence-electron chi connectivity index (χ3n) is 4.42. The highest BCUT2D eigenvalue weighted by Crippen LogP contribution is 2.30. The van der Waals surface area contributed by atoms with E-state index in [1.807, 2.05) is 44.4 Å². The number of hydrogen-bond donors (Lipinski definition) is 1. The van der Waals surface area contributed by atoms with Gasteiger partial charge in [0.2, 0.25) is 5.91 Å². The van der Waals surface area contributed by atoms with Gasteiger partial charge in [0.25, 0.3) is 0 Å². The molecule has 0 aliphatic heterocycles. The molecule has 146 valence electrons. The maximum Gasteiger partial charge on any atom is 0.248 e. The zero-order chi connectivity index (χ0) is 20.5. The molecule has 3 heterocycles. The van der Waals surface area contributed by atoms with Gasteiger partial charge in [-0.05, 0) is 24.3 Å². The van der Waals surface area contributed by atoms with Crippen LogP contribution in [-0.4, -0.2) is 49.5 Å². The molecule has 9 nitrogen and oxygen atoms in total. The number of hydrogen-bond acceptors (Lipinski definition) is 6. The molecule has 1 aromatic carbocycles. The number of amides is 1. The Morgan fingerprint density at radius 3 is 2.52 bits per heavy atom. The summed E-state index contributed by atoms with van der Waals surface area (Å²) in [6.45, 7) is 0. The Bertz CT molecular complexity index is 1170. The Morgan fingerprint density at radius 2 is 1.90 bits per heavy atom. The number of benzene rings is 1. The van der Waals surface area contributed by atoms with Gasteiger partial charge < -0.3 is 10.6 Å². The molecule has 0 fully saturated rings. The number of pyridine rings is 1. The first-order valence-corrected chi connectivity index (χ1v) is 8.93. The van der Waals surface area contributed by atoms with Crippen molar-refractivity contribution in [2.45, 2.75) is 0 Å². The molecule has 0 saturated carbocycles. The molecule has 4 rings (SSSR count). The van der Waals surface area contributed by atoms with Crippen LogP contribution >= 0.6 is 0 Å². The Labute approximate surface area is 167 Å². The molecule has 9 heteroatoms. The number of carbonyl (C=O) groups excluding carboxylic acids is 1. The van der Waals surface area contributed by atoms with Gasteiger partial charge in [-0.3, -0.25) is 9.48 Å². The van der Waals surface area contributed by atoms with E-state index in [9.17, 15) is 4.79 Å². The minimum atomic E-state index is -0.475. The van der Waals surface area contributed by atoms with Crippen LogP contribution in [0.4, 0.5) is 5.82 Å². The largest absolute Gasteiger partial charge is 0.366 e. The van der Waals surface area contributed by atoms with Gasteiger partial charge in [-0.25, -0.2) is 14.6 Å². The molecule has 0 aliphatic rings. The van der Waals surface area contributed by atoms with Crippen LogP contribution in [-0.2, 0) is 7.05 Å². The summed E-state index contributed by atoms with van der Waals surface area (Å²) in [5.74, 6) is 1.47. The van der Waals surface area contributed by atoms with Crippen molar-refractivity contribution in [3.05, 3.63) is 60.6 Å². The first-order valence-electron chi connectivity index (χ1n) is 8.93. The number of anilines is 1. The number of nitrogens with two attached hydrogens (primary N) is 1. The van der Waals surface area contributed by atoms with Gasteiger partial charge in [0.1, 0.15) is 11.5 Å². The van der Waals surface area contributed by atoms with Crippen LogP contribution in [0.15, 0.2) is 55.0 Å². The summed E-state index contributed by atoms with van der Waals surface area (Å²) in [5.41, 5.74) is 8.16. The summed E-state index contributed by atoms with van der Waals surface area (Å²) in [5, 5.41) is 8.95. The first-order chi connectivity index (χ1) is 13.9. The second-order valence-electron chi connectivity index (χ2n) is 6.75. The summed E-state index contributed by atoms with van der Waals surface area (Å²) >= 11 is 0. The zero-order valence-electron chi connectivity index (χ0n) is 16.3. The van der Waals surface area contributed by atoms with Crippen molar-refractivity contribution in [3.63, 3.8) is 0 Å². The average molecular weight is 388 g/mol. The molecule has 29 heavy (non-hydrogen) atoms. The standard InChI is InChI=1S/C20H20N8O/c1-26(2)19-16(5-4-10-22-19)20-24-18(14-8-6-13(7-9-14)17(21)29)25-28(20)15-11-23-27(3)12-15/h4-12H,1-3H3,(H2,21,29). The molecule has 0 spiro atoms. The Kier molecular flexibility index (Phi) is 4.55. The van der Waals surface area contributed by atoms with Crippen molar-refractivity contribution >= 4 is 11.7 Å². The Balaban J connectivity index is 1.89. The van der Waals surface area contributed by atoms with Crippen LogP contribution < -0.4 is 10.6 Å². The second-order valence-corrected chi connectivity index (χ2v) is 6.75. The Morgan fingerprint density at radius 1 is 1.14 bits per heavy atom. The molecule has 0 aliphatic carbocycles. The molecular formula is C20H20N8O. The monoisotopic (exact) mass is 388 g/mol. The fourth-order valence-electron chi connectivity index (χ4n) is 3.02. The van der Waals surface area contributed by atoms with E-state index in [4.69, 9.17) is 15.8 Å². The van der Waals surface area contributed by atoms with Crippen LogP contribution in [0.3, 0.4) is 0 Å². The molecular weight excluding hydrogens is 368 g/mol. The van der Waals surface area contributed by atoms with Gasteiger partial charge >= 0.3 is 0 Å². The summed E-state index contributed by atoms with van der Waals surface area (Å²) in [7, 11) is 5.71. The first kappa shape index (κ1) is 18.4. The van der Waals surface area contributed by atoms with Crippen LogP contribution in [0.25, 0.3) is 28.5 Å². The topological polar surface area (TPSA) is 108 Å². The van der Waals surface area contributed by atoms with Crippen molar-refractivity contribution < 1.29 is 4.79 Å². The lowest BCUT2D eigenvalue weighted by Crippen LogP contribution is -2.13. The molecule has 3 aromatic heterocycles. The number of nitrogens with zero attached hydrogens (tertiary/aromatic N) is 7. The van der Waals surface area contributed by atoms with Crippen molar-refractivity contribution in [2.24, 2.45) is 12.8 Å². The fraction of sp³-hybridized carbons (Fsp3) is 0.150. The highest BCUT2D eigenvalue weighted by atomic mass is 16.1. The van der Waals surface area contributed by atoms with Crippen molar-refractivity contribution in [1.82, 2.24) is 29.5 Å². The number of rotatable bonds is 5. The van der Waals surface area contributed by atoms with Crippen molar-refractivity contribution in [1.29, 1.82) is 0 Å². The maximum atomic E-state index is 11.3. The summed E-state index contributed by atoms with van der Waals surface area (Å²) in [6, 6.07) is 10.7. The molecule has 0 atom stereocenters. The predicted octanol–water partition coefficient (Wildman–Crippen LogP) is 1.89. The maximum absolute atomic E-state index is 11.3. The lowest BCUT2D eigenvalue weighted by Gasteiger charge is -2.15. The number of aryl methyl sites for hydroxylation is 1. The lowest BCUT2D eigenvalue weighted by atomic mass is 10.1. The van der Waals surface area contributed by atoms with E-state index in [2.05, 4.69) is 10.1 Å². The summed E-state index contributed by atoms with van der Waals surface area (Å²) in [6.07, 6.45) is 5.33. The summed E-state index contributed by atoms with van der Waals surface area (Å²) < 4.78 is 3.45. The molecule has 0 bridgehead atoms. The second kappa shape index (κ2) is 7.19. The minimum Gasteiger partial charge on any atom is -0.366 e. The number of carbonyl (C=O) groups is 1. The van der Waals surface area contributed by atoms with Gasteiger partial charge in [-0.15, -0.1) is 5.10 Å². The quantitative estimate of drug-likeness (QED) is 0.559. The zero-order valence-corrected chi connectivity index (χ0v) is 16.3. The molecule has 1 amide bonds. The average Bonchev–Trinajstić information content (AvgIpc) is 3.34. The smallest absolute Gasteiger partial charge is 0.248 e. The van der Waals surface area contributed by atoms with Crippen molar-refractivity contribution in [2.75, 3.05) is 19.0 Å². The highest BCUT2D eigenvalue weighted by Gasteiger charge is 2.20. The van der Waals surface area contributed by atoms with Gasteiger partial charge in [0.05, 0.1) is 18.0 Å². The van der Waals surface area contributed by atoms with Crippen LogP contribution in [0.1, 0.15) is 10.4 Å². The third kappa shape index (κ3) is 3.45. The van der Waals surface area contributed by atoms with E-state index >= 15 is 0 Å². The SMILES string of the molecule is CN(C)c1ncccc1-c1nc(-c2ccc(C(N)=O)cc2)nn1-c1cnn(C)c1.